The summed E-state index contributed by atoms with van der Waals surface area (Å²) in [5.74, 6) is -0.163. The van der Waals surface area contributed by atoms with Gasteiger partial charge in [0.15, 0.2) is 0 Å². The van der Waals surface area contributed by atoms with Crippen molar-refractivity contribution in [3.63, 3.8) is 0 Å². The van der Waals surface area contributed by atoms with Gasteiger partial charge in [-0.3, -0.25) is 4.79 Å². The molecule has 1 N–H and O–H groups in total. The highest BCUT2D eigenvalue weighted by Gasteiger charge is 2.30. The van der Waals surface area contributed by atoms with Crippen molar-refractivity contribution in [1.82, 2.24) is 4.98 Å². The minimum Gasteiger partial charge on any atom is -0.462 e. The second-order valence-corrected chi connectivity index (χ2v) is 11.3. The molecule has 1 atom stereocenters. The molecule has 0 bridgehead atoms. The van der Waals surface area contributed by atoms with E-state index in [1.54, 1.807) is 24.3 Å². The van der Waals surface area contributed by atoms with Gasteiger partial charge in [0.25, 0.3) is 5.91 Å². The molecule has 8 heteroatoms. The first kappa shape index (κ1) is 25.7. The van der Waals surface area contributed by atoms with Crippen molar-refractivity contribution in [2.75, 3.05) is 11.9 Å². The maximum atomic E-state index is 13.8. The third-order valence-electron chi connectivity index (χ3n) is 6.55. The van der Waals surface area contributed by atoms with Crippen molar-refractivity contribution in [3.05, 3.63) is 80.1 Å². The molecule has 0 fully saturated rings. The topological polar surface area (TPSA) is 68.3 Å². The standard InChI is InChI=1S/C29H26Cl2N2O3S/c1-3-12-36-29(35)26-20-10-8-16(2)13-25(20)37-28(26)33-27(34)21-15-24(19-11-9-17(30)14-22(19)31)32-23-7-5-4-6-18(21)23/h4-7,9,11,14-16H,3,8,10,12-13H2,1-2H3,(H,33,34). The zero-order chi connectivity index (χ0) is 26.1. The number of nitrogens with one attached hydrogen (secondary N) is 1. The first-order chi connectivity index (χ1) is 17.9. The lowest BCUT2D eigenvalue weighted by Gasteiger charge is -2.18. The van der Waals surface area contributed by atoms with E-state index < -0.39 is 0 Å². The van der Waals surface area contributed by atoms with Crippen molar-refractivity contribution < 1.29 is 14.3 Å². The fourth-order valence-electron chi connectivity index (χ4n) is 4.69. The van der Waals surface area contributed by atoms with Gasteiger partial charge in [0.1, 0.15) is 5.00 Å². The zero-order valence-corrected chi connectivity index (χ0v) is 22.9. The summed E-state index contributed by atoms with van der Waals surface area (Å²) in [6, 6.07) is 14.4. The SMILES string of the molecule is CCCOC(=O)c1c(NC(=O)c2cc(-c3ccc(Cl)cc3Cl)nc3ccccc23)sc2c1CCC(C)C2. The number of esters is 1. The Hall–Kier alpha value is -2.93. The number of hydrogen-bond acceptors (Lipinski definition) is 5. The third-order valence-corrected chi connectivity index (χ3v) is 8.27. The lowest BCUT2D eigenvalue weighted by molar-refractivity contribution is 0.0505. The van der Waals surface area contributed by atoms with Crippen LogP contribution in [0.15, 0.2) is 48.5 Å². The number of nitrogens with zero attached hydrogens (tertiary/aromatic N) is 1. The van der Waals surface area contributed by atoms with Crippen LogP contribution in [-0.4, -0.2) is 23.5 Å². The number of ether oxygens (including phenoxy) is 1. The molecule has 0 aliphatic heterocycles. The second-order valence-electron chi connectivity index (χ2n) is 9.34. The van der Waals surface area contributed by atoms with Crippen LogP contribution in [0, 0.1) is 5.92 Å². The minimum atomic E-state index is -0.377. The summed E-state index contributed by atoms with van der Waals surface area (Å²) in [7, 11) is 0. The van der Waals surface area contributed by atoms with Gasteiger partial charge in [0.05, 0.1) is 34.0 Å². The normalized spacial score (nSPS) is 14.9. The molecular formula is C29H26Cl2N2O3S. The molecule has 1 aliphatic rings. The van der Waals surface area contributed by atoms with Gasteiger partial charge in [-0.05, 0) is 67.5 Å². The molecule has 5 rings (SSSR count). The van der Waals surface area contributed by atoms with E-state index in [0.717, 1.165) is 36.1 Å². The van der Waals surface area contributed by atoms with Gasteiger partial charge in [0, 0.05) is 20.8 Å². The highest BCUT2D eigenvalue weighted by Crippen LogP contribution is 2.41. The monoisotopic (exact) mass is 552 g/mol. The maximum Gasteiger partial charge on any atom is 0.341 e. The quantitative estimate of drug-likeness (QED) is 0.244. The molecule has 1 aliphatic carbocycles. The van der Waals surface area contributed by atoms with Crippen molar-refractivity contribution in [3.8, 4) is 11.3 Å². The van der Waals surface area contributed by atoms with Crippen LogP contribution < -0.4 is 5.32 Å². The molecule has 0 saturated carbocycles. The number of halogens is 2. The van der Waals surface area contributed by atoms with E-state index in [0.29, 0.717) is 60.9 Å². The number of pyridine rings is 1. The number of anilines is 1. The first-order valence-corrected chi connectivity index (χ1v) is 13.9. The fraction of sp³-hybridized carbons (Fsp3) is 0.276. The number of thiophene rings is 1. The van der Waals surface area contributed by atoms with E-state index in [9.17, 15) is 9.59 Å². The summed E-state index contributed by atoms with van der Waals surface area (Å²) in [4.78, 5) is 32.7. The number of carbonyl (C=O) groups is 2. The summed E-state index contributed by atoms with van der Waals surface area (Å²) < 4.78 is 5.51. The Labute approximate surface area is 229 Å². The van der Waals surface area contributed by atoms with Crippen molar-refractivity contribution in [1.29, 1.82) is 0 Å². The highest BCUT2D eigenvalue weighted by atomic mass is 35.5. The van der Waals surface area contributed by atoms with Crippen LogP contribution in [0.2, 0.25) is 10.0 Å². The van der Waals surface area contributed by atoms with Gasteiger partial charge in [-0.1, -0.05) is 55.2 Å². The number of fused-ring (bicyclic) bond motifs is 2. The van der Waals surface area contributed by atoms with E-state index in [4.69, 9.17) is 32.9 Å². The molecule has 1 amide bonds. The molecule has 4 aromatic rings. The lowest BCUT2D eigenvalue weighted by atomic mass is 9.88. The summed E-state index contributed by atoms with van der Waals surface area (Å²) in [6.07, 6.45) is 3.43. The number of amides is 1. The van der Waals surface area contributed by atoms with Crippen molar-refractivity contribution in [2.24, 2.45) is 5.92 Å². The van der Waals surface area contributed by atoms with Crippen LogP contribution in [0.1, 0.15) is 57.8 Å². The van der Waals surface area contributed by atoms with Gasteiger partial charge in [-0.15, -0.1) is 11.3 Å². The molecule has 0 radical (unpaired) electrons. The smallest absolute Gasteiger partial charge is 0.341 e. The molecule has 2 heterocycles. The van der Waals surface area contributed by atoms with Gasteiger partial charge in [-0.25, -0.2) is 9.78 Å². The molecule has 1 unspecified atom stereocenters. The number of para-hydroxylation sites is 1. The van der Waals surface area contributed by atoms with E-state index in [1.165, 1.54) is 11.3 Å². The van der Waals surface area contributed by atoms with Crippen molar-refractivity contribution in [2.45, 2.75) is 39.5 Å². The highest BCUT2D eigenvalue weighted by molar-refractivity contribution is 7.17. The fourth-order valence-corrected chi connectivity index (χ4v) is 6.59. The molecule has 5 nitrogen and oxygen atoms in total. The summed E-state index contributed by atoms with van der Waals surface area (Å²) >= 11 is 14.0. The van der Waals surface area contributed by atoms with Gasteiger partial charge >= 0.3 is 5.97 Å². The van der Waals surface area contributed by atoms with E-state index >= 15 is 0 Å². The number of hydrogen-bond donors (Lipinski definition) is 1. The molecule has 190 valence electrons. The third kappa shape index (κ3) is 5.24. The number of aromatic nitrogens is 1. The second kappa shape index (κ2) is 10.8. The summed E-state index contributed by atoms with van der Waals surface area (Å²) in [5.41, 5.74) is 3.85. The minimum absolute atomic E-state index is 0.318. The van der Waals surface area contributed by atoms with Gasteiger partial charge in [-0.2, -0.15) is 0 Å². The zero-order valence-electron chi connectivity index (χ0n) is 20.6. The molecule has 2 aromatic carbocycles. The van der Waals surface area contributed by atoms with Crippen LogP contribution in [0.4, 0.5) is 5.00 Å². The maximum absolute atomic E-state index is 13.8. The van der Waals surface area contributed by atoms with E-state index in [2.05, 4.69) is 12.2 Å². The van der Waals surface area contributed by atoms with Crippen LogP contribution in [0.3, 0.4) is 0 Å². The number of carbonyl (C=O) groups excluding carboxylic acids is 2. The Kier molecular flexibility index (Phi) is 7.52. The summed E-state index contributed by atoms with van der Waals surface area (Å²) in [6.45, 7) is 4.51. The van der Waals surface area contributed by atoms with Gasteiger partial charge < -0.3 is 10.1 Å². The number of benzene rings is 2. The summed E-state index contributed by atoms with van der Waals surface area (Å²) in [5, 5.41) is 5.26. The Morgan fingerprint density at radius 2 is 1.97 bits per heavy atom. The number of rotatable bonds is 6. The predicted molar refractivity (Wildman–Crippen MR) is 151 cm³/mol. The molecular weight excluding hydrogens is 527 g/mol. The molecule has 2 aromatic heterocycles. The first-order valence-electron chi connectivity index (χ1n) is 12.3. The van der Waals surface area contributed by atoms with Crippen LogP contribution >= 0.6 is 34.5 Å². The van der Waals surface area contributed by atoms with Gasteiger partial charge in [0.2, 0.25) is 0 Å². The Morgan fingerprint density at radius 3 is 2.76 bits per heavy atom. The van der Waals surface area contributed by atoms with E-state index in [-0.39, 0.29) is 11.9 Å². The van der Waals surface area contributed by atoms with Crippen LogP contribution in [0.5, 0.6) is 0 Å². The molecule has 37 heavy (non-hydrogen) atoms. The van der Waals surface area contributed by atoms with Crippen LogP contribution in [0.25, 0.3) is 22.2 Å². The predicted octanol–water partition coefficient (Wildman–Crippen LogP) is 8.21. The Bertz CT molecular complexity index is 1510. The Morgan fingerprint density at radius 1 is 1.16 bits per heavy atom. The molecule has 0 saturated heterocycles. The average molecular weight is 554 g/mol. The Balaban J connectivity index is 1.57. The van der Waals surface area contributed by atoms with Crippen molar-refractivity contribution >= 4 is 62.3 Å². The van der Waals surface area contributed by atoms with Crippen LogP contribution in [-0.2, 0) is 17.6 Å². The average Bonchev–Trinajstić information content (AvgIpc) is 3.23. The molecule has 0 spiro atoms. The van der Waals surface area contributed by atoms with E-state index in [1.807, 2.05) is 31.2 Å². The lowest BCUT2D eigenvalue weighted by Crippen LogP contribution is -2.17. The largest absolute Gasteiger partial charge is 0.462 e.